The minimum atomic E-state index is 0.404. The predicted octanol–water partition coefficient (Wildman–Crippen LogP) is 2.67. The van der Waals surface area contributed by atoms with Crippen LogP contribution in [0.4, 0.5) is 0 Å². The van der Waals surface area contributed by atoms with E-state index in [-0.39, 0.29) is 0 Å². The highest BCUT2D eigenvalue weighted by molar-refractivity contribution is 9.11. The summed E-state index contributed by atoms with van der Waals surface area (Å²) < 4.78 is 1.63. The molecule has 0 amide bonds. The number of pyridine rings is 1. The first-order valence-electron chi connectivity index (χ1n) is 2.91. The largest absolute Gasteiger partial charge is 0.248 e. The maximum atomic E-state index is 8.43. The molecule has 0 saturated carbocycles. The van der Waals surface area contributed by atoms with Gasteiger partial charge in [-0.15, -0.1) is 0 Å². The SMILES string of the molecule is N#CCc1cc(Br)ncc1Br. The van der Waals surface area contributed by atoms with Crippen LogP contribution in [-0.2, 0) is 6.42 Å². The van der Waals surface area contributed by atoms with E-state index in [4.69, 9.17) is 5.26 Å². The lowest BCUT2D eigenvalue weighted by Gasteiger charge is -1.97. The number of nitriles is 1. The molecule has 0 saturated heterocycles. The van der Waals surface area contributed by atoms with Crippen molar-refractivity contribution in [1.29, 1.82) is 5.26 Å². The fraction of sp³-hybridized carbons (Fsp3) is 0.143. The number of rotatable bonds is 1. The van der Waals surface area contributed by atoms with Gasteiger partial charge < -0.3 is 0 Å². The summed E-state index contributed by atoms with van der Waals surface area (Å²) in [7, 11) is 0. The van der Waals surface area contributed by atoms with E-state index in [1.165, 1.54) is 0 Å². The van der Waals surface area contributed by atoms with Crippen molar-refractivity contribution >= 4 is 31.9 Å². The van der Waals surface area contributed by atoms with Crippen molar-refractivity contribution < 1.29 is 0 Å². The van der Waals surface area contributed by atoms with Crippen LogP contribution in [0.25, 0.3) is 0 Å². The molecule has 0 aliphatic rings. The van der Waals surface area contributed by atoms with Crippen LogP contribution in [0, 0.1) is 11.3 Å². The van der Waals surface area contributed by atoms with Crippen LogP contribution >= 0.6 is 31.9 Å². The van der Waals surface area contributed by atoms with Gasteiger partial charge in [-0.05, 0) is 43.5 Å². The zero-order chi connectivity index (χ0) is 8.27. The van der Waals surface area contributed by atoms with Gasteiger partial charge in [-0.25, -0.2) is 4.98 Å². The van der Waals surface area contributed by atoms with Gasteiger partial charge in [0.1, 0.15) is 4.60 Å². The Morgan fingerprint density at radius 1 is 1.55 bits per heavy atom. The van der Waals surface area contributed by atoms with Gasteiger partial charge in [-0.1, -0.05) is 0 Å². The van der Waals surface area contributed by atoms with E-state index in [9.17, 15) is 0 Å². The Morgan fingerprint density at radius 3 is 2.91 bits per heavy atom. The molecule has 1 rings (SSSR count). The third-order valence-corrected chi connectivity index (χ3v) is 2.32. The second-order valence-electron chi connectivity index (χ2n) is 1.93. The molecule has 0 atom stereocenters. The standard InChI is InChI=1S/C7H4Br2N2/c8-6-4-11-7(9)3-5(6)1-2-10/h3-4H,1H2. The van der Waals surface area contributed by atoms with E-state index >= 15 is 0 Å². The van der Waals surface area contributed by atoms with Gasteiger partial charge in [0.2, 0.25) is 0 Å². The number of hydrogen-bond donors (Lipinski definition) is 0. The van der Waals surface area contributed by atoms with E-state index in [2.05, 4.69) is 42.9 Å². The van der Waals surface area contributed by atoms with Gasteiger partial charge in [0.15, 0.2) is 0 Å². The van der Waals surface area contributed by atoms with Gasteiger partial charge >= 0.3 is 0 Å². The van der Waals surface area contributed by atoms with E-state index < -0.39 is 0 Å². The molecular formula is C7H4Br2N2. The predicted molar refractivity (Wildman–Crippen MR) is 49.0 cm³/mol. The molecule has 1 heterocycles. The fourth-order valence-electron chi connectivity index (χ4n) is 0.672. The number of halogens is 2. The molecule has 0 bridgehead atoms. The third kappa shape index (κ3) is 2.28. The average molecular weight is 276 g/mol. The van der Waals surface area contributed by atoms with Crippen molar-refractivity contribution in [1.82, 2.24) is 4.98 Å². The van der Waals surface area contributed by atoms with Crippen LogP contribution in [0.2, 0.25) is 0 Å². The van der Waals surface area contributed by atoms with Crippen molar-refractivity contribution in [2.24, 2.45) is 0 Å². The summed E-state index contributed by atoms with van der Waals surface area (Å²) in [5.74, 6) is 0. The molecule has 0 aliphatic carbocycles. The van der Waals surface area contributed by atoms with Gasteiger partial charge in [0.25, 0.3) is 0 Å². The zero-order valence-corrected chi connectivity index (χ0v) is 8.68. The lowest BCUT2D eigenvalue weighted by atomic mass is 10.2. The molecule has 0 fully saturated rings. The molecule has 11 heavy (non-hydrogen) atoms. The maximum Gasteiger partial charge on any atom is 0.106 e. The third-order valence-electron chi connectivity index (χ3n) is 1.17. The van der Waals surface area contributed by atoms with Crippen LogP contribution in [0.3, 0.4) is 0 Å². The Labute approximate surface area is 81.5 Å². The molecule has 0 spiro atoms. The van der Waals surface area contributed by atoms with E-state index in [1.54, 1.807) is 6.20 Å². The minimum Gasteiger partial charge on any atom is -0.248 e. The van der Waals surface area contributed by atoms with Gasteiger partial charge in [-0.3, -0.25) is 0 Å². The van der Waals surface area contributed by atoms with Crippen LogP contribution < -0.4 is 0 Å². The zero-order valence-electron chi connectivity index (χ0n) is 5.51. The second-order valence-corrected chi connectivity index (χ2v) is 3.60. The minimum absolute atomic E-state index is 0.404. The van der Waals surface area contributed by atoms with E-state index in [1.807, 2.05) is 6.07 Å². The Kier molecular flexibility index (Phi) is 3.03. The smallest absolute Gasteiger partial charge is 0.106 e. The molecule has 0 aromatic carbocycles. The Hall–Kier alpha value is -0.400. The van der Waals surface area contributed by atoms with E-state index in [0.29, 0.717) is 6.42 Å². The number of aromatic nitrogens is 1. The summed E-state index contributed by atoms with van der Waals surface area (Å²) in [6.07, 6.45) is 2.08. The molecule has 0 aliphatic heterocycles. The molecule has 0 radical (unpaired) electrons. The number of nitrogens with zero attached hydrogens (tertiary/aromatic N) is 2. The topological polar surface area (TPSA) is 36.7 Å². The normalized spacial score (nSPS) is 9.18. The summed E-state index contributed by atoms with van der Waals surface area (Å²) in [4.78, 5) is 3.98. The Morgan fingerprint density at radius 2 is 2.27 bits per heavy atom. The van der Waals surface area contributed by atoms with Crippen molar-refractivity contribution in [2.45, 2.75) is 6.42 Å². The highest BCUT2D eigenvalue weighted by atomic mass is 79.9. The van der Waals surface area contributed by atoms with E-state index in [0.717, 1.165) is 14.6 Å². The second kappa shape index (κ2) is 3.84. The first-order chi connectivity index (χ1) is 5.24. The lowest BCUT2D eigenvalue weighted by Crippen LogP contribution is -1.85. The fourth-order valence-corrected chi connectivity index (χ4v) is 1.41. The van der Waals surface area contributed by atoms with Crippen LogP contribution in [0.5, 0.6) is 0 Å². The molecule has 0 unspecified atom stereocenters. The molecule has 0 N–H and O–H groups in total. The maximum absolute atomic E-state index is 8.43. The molecule has 4 heteroatoms. The summed E-state index contributed by atoms with van der Waals surface area (Å²) in [5.41, 5.74) is 0.953. The monoisotopic (exact) mass is 274 g/mol. The Bertz CT molecular complexity index is 304. The molecule has 56 valence electrons. The first-order valence-corrected chi connectivity index (χ1v) is 4.49. The summed E-state index contributed by atoms with van der Waals surface area (Å²) >= 11 is 6.52. The molecular weight excluding hydrogens is 272 g/mol. The summed E-state index contributed by atoms with van der Waals surface area (Å²) in [5, 5.41) is 8.43. The molecule has 1 aromatic heterocycles. The van der Waals surface area contributed by atoms with Gasteiger partial charge in [0, 0.05) is 10.7 Å². The average Bonchev–Trinajstić information content (AvgIpc) is 1.98. The quantitative estimate of drug-likeness (QED) is 0.739. The highest BCUT2D eigenvalue weighted by Crippen LogP contribution is 2.18. The van der Waals surface area contributed by atoms with Crippen LogP contribution in [0.1, 0.15) is 5.56 Å². The molecule has 1 aromatic rings. The lowest BCUT2D eigenvalue weighted by molar-refractivity contribution is 1.16. The number of hydrogen-bond acceptors (Lipinski definition) is 2. The van der Waals surface area contributed by atoms with Gasteiger partial charge in [-0.2, -0.15) is 5.26 Å². The van der Waals surface area contributed by atoms with Crippen LogP contribution in [0.15, 0.2) is 21.3 Å². The Balaban J connectivity index is 3.05. The summed E-state index contributed by atoms with van der Waals surface area (Å²) in [6, 6.07) is 3.90. The van der Waals surface area contributed by atoms with Crippen molar-refractivity contribution in [2.75, 3.05) is 0 Å². The van der Waals surface area contributed by atoms with Crippen molar-refractivity contribution in [3.05, 3.63) is 26.9 Å². The van der Waals surface area contributed by atoms with Crippen LogP contribution in [-0.4, -0.2) is 4.98 Å². The first kappa shape index (κ1) is 8.69. The molecule has 2 nitrogen and oxygen atoms in total. The van der Waals surface area contributed by atoms with Crippen molar-refractivity contribution in [3.63, 3.8) is 0 Å². The van der Waals surface area contributed by atoms with Gasteiger partial charge in [0.05, 0.1) is 12.5 Å². The van der Waals surface area contributed by atoms with Crippen molar-refractivity contribution in [3.8, 4) is 6.07 Å². The summed E-state index contributed by atoms with van der Waals surface area (Å²) in [6.45, 7) is 0. The highest BCUT2D eigenvalue weighted by Gasteiger charge is 1.99.